The zero-order valence-electron chi connectivity index (χ0n) is 14.5. The Labute approximate surface area is 166 Å². The van der Waals surface area contributed by atoms with Crippen LogP contribution in [0.1, 0.15) is 17.7 Å². The molecule has 2 heterocycles. The molecule has 0 spiro atoms. The second-order valence-corrected chi connectivity index (χ2v) is 7.44. The third kappa shape index (κ3) is 3.96. The smallest absolute Gasteiger partial charge is 0.226 e. The maximum atomic E-state index is 12.1. The van der Waals surface area contributed by atoms with E-state index in [9.17, 15) is 4.79 Å². The Hall–Kier alpha value is -2.44. The second-order valence-electron chi connectivity index (χ2n) is 6.07. The number of alkyl halides is 1. The summed E-state index contributed by atoms with van der Waals surface area (Å²) in [7, 11) is 0. The lowest BCUT2D eigenvalue weighted by Gasteiger charge is -2.11. The van der Waals surface area contributed by atoms with Gasteiger partial charge in [-0.2, -0.15) is 16.9 Å². The van der Waals surface area contributed by atoms with Crippen molar-refractivity contribution >= 4 is 35.1 Å². The Morgan fingerprint density at radius 1 is 1.11 bits per heavy atom. The van der Waals surface area contributed by atoms with E-state index >= 15 is 0 Å². The molecular formula is C20H18ClN3O2S. The lowest BCUT2D eigenvalue weighted by atomic mass is 10.2. The van der Waals surface area contributed by atoms with E-state index < -0.39 is 0 Å². The van der Waals surface area contributed by atoms with Crippen LogP contribution < -0.4 is 10.1 Å². The maximum absolute atomic E-state index is 12.1. The lowest BCUT2D eigenvalue weighted by Crippen LogP contribution is -2.16. The maximum Gasteiger partial charge on any atom is 0.226 e. The van der Waals surface area contributed by atoms with E-state index in [0.717, 1.165) is 45.8 Å². The summed E-state index contributed by atoms with van der Waals surface area (Å²) in [6.07, 6.45) is 0.276. The number of hydrogen-bond acceptors (Lipinski definition) is 4. The molecule has 0 fully saturated rings. The number of hydrogen-bond donors (Lipinski definition) is 1. The summed E-state index contributed by atoms with van der Waals surface area (Å²) in [4.78, 5) is 12.1. The second kappa shape index (κ2) is 8.06. The average molecular weight is 400 g/mol. The summed E-state index contributed by atoms with van der Waals surface area (Å²) >= 11 is 7.49. The van der Waals surface area contributed by atoms with Crippen molar-refractivity contribution in [1.29, 1.82) is 0 Å². The van der Waals surface area contributed by atoms with Gasteiger partial charge < -0.3 is 10.1 Å². The number of carbonyl (C=O) groups excluding carboxylic acids is 1. The fraction of sp³-hybridized carbons (Fsp3) is 0.200. The van der Waals surface area contributed by atoms with Gasteiger partial charge in [-0.15, -0.1) is 11.6 Å². The molecule has 1 amide bonds. The predicted molar refractivity (Wildman–Crippen MR) is 109 cm³/mol. The first-order valence-corrected chi connectivity index (χ1v) is 10.3. The summed E-state index contributed by atoms with van der Waals surface area (Å²) < 4.78 is 7.63. The van der Waals surface area contributed by atoms with Crippen molar-refractivity contribution in [1.82, 2.24) is 9.78 Å². The highest BCUT2D eigenvalue weighted by Crippen LogP contribution is 2.36. The van der Waals surface area contributed by atoms with Gasteiger partial charge in [0, 0.05) is 29.4 Å². The SMILES string of the molecule is O=C(CCCl)Nc1c2c(nn1-c1ccc(Oc3ccccc3)cc1)CSC2. The fourth-order valence-corrected chi connectivity index (χ4v) is 4.10. The minimum Gasteiger partial charge on any atom is -0.457 e. The van der Waals surface area contributed by atoms with Crippen LogP contribution >= 0.6 is 23.4 Å². The van der Waals surface area contributed by atoms with E-state index in [1.807, 2.05) is 54.6 Å². The molecule has 0 radical (unpaired) electrons. The van der Waals surface area contributed by atoms with Crippen LogP contribution in [0.25, 0.3) is 5.69 Å². The minimum absolute atomic E-state index is 0.102. The number of nitrogens with zero attached hydrogens (tertiary/aromatic N) is 2. The van der Waals surface area contributed by atoms with E-state index in [4.69, 9.17) is 21.4 Å². The van der Waals surface area contributed by atoms with Crippen LogP contribution in [0.2, 0.25) is 0 Å². The van der Waals surface area contributed by atoms with Gasteiger partial charge in [-0.05, 0) is 36.4 Å². The summed E-state index contributed by atoms with van der Waals surface area (Å²) in [5.74, 6) is 4.17. The molecule has 5 nitrogen and oxygen atoms in total. The van der Waals surface area contributed by atoms with E-state index in [1.54, 1.807) is 16.4 Å². The van der Waals surface area contributed by atoms with Gasteiger partial charge in [-0.25, -0.2) is 4.68 Å². The van der Waals surface area contributed by atoms with Crippen LogP contribution in [-0.4, -0.2) is 21.6 Å². The number of benzene rings is 2. The number of aromatic nitrogens is 2. The van der Waals surface area contributed by atoms with Crippen LogP contribution in [0.5, 0.6) is 11.5 Å². The predicted octanol–water partition coefficient (Wildman–Crippen LogP) is 4.98. The fourth-order valence-electron chi connectivity index (χ4n) is 2.89. The van der Waals surface area contributed by atoms with Crippen molar-refractivity contribution in [3.8, 4) is 17.2 Å². The van der Waals surface area contributed by atoms with E-state index in [1.165, 1.54) is 0 Å². The van der Waals surface area contributed by atoms with Gasteiger partial charge in [0.2, 0.25) is 5.91 Å². The molecule has 3 aromatic rings. The van der Waals surface area contributed by atoms with Crippen LogP contribution in [0.4, 0.5) is 5.82 Å². The molecule has 1 N–H and O–H groups in total. The molecule has 4 rings (SSSR count). The highest BCUT2D eigenvalue weighted by Gasteiger charge is 2.24. The summed E-state index contributed by atoms with van der Waals surface area (Å²) in [5, 5.41) is 7.67. The average Bonchev–Trinajstić information content (AvgIpc) is 3.26. The normalized spacial score (nSPS) is 12.6. The van der Waals surface area contributed by atoms with Crippen LogP contribution in [-0.2, 0) is 16.3 Å². The highest BCUT2D eigenvalue weighted by molar-refractivity contribution is 7.98. The number of para-hydroxylation sites is 1. The van der Waals surface area contributed by atoms with Gasteiger partial charge in [0.1, 0.15) is 17.3 Å². The van der Waals surface area contributed by atoms with Crippen molar-refractivity contribution < 1.29 is 9.53 Å². The van der Waals surface area contributed by atoms with Gasteiger partial charge in [0.05, 0.1) is 11.4 Å². The molecule has 7 heteroatoms. The molecule has 0 unspecified atom stereocenters. The van der Waals surface area contributed by atoms with E-state index in [0.29, 0.717) is 5.88 Å². The van der Waals surface area contributed by atoms with Crippen LogP contribution in [0.3, 0.4) is 0 Å². The van der Waals surface area contributed by atoms with Gasteiger partial charge in [0.25, 0.3) is 0 Å². The first kappa shape index (κ1) is 17.9. The van der Waals surface area contributed by atoms with Crippen molar-refractivity contribution in [2.24, 2.45) is 0 Å². The van der Waals surface area contributed by atoms with Crippen molar-refractivity contribution in [3.05, 3.63) is 65.9 Å². The molecule has 1 aliphatic heterocycles. The standard InChI is InChI=1S/C20H18ClN3O2S/c21-11-10-19(25)22-20-17-12-27-13-18(17)23-24(20)14-6-8-16(9-7-14)26-15-4-2-1-3-5-15/h1-9H,10-13H2,(H,22,25). The largest absolute Gasteiger partial charge is 0.457 e. The number of anilines is 1. The summed E-state index contributed by atoms with van der Waals surface area (Å²) in [5.41, 5.74) is 2.98. The number of amides is 1. The number of ether oxygens (including phenoxy) is 1. The minimum atomic E-state index is -0.102. The highest BCUT2D eigenvalue weighted by atomic mass is 35.5. The Balaban J connectivity index is 1.60. The molecular weight excluding hydrogens is 382 g/mol. The third-order valence-electron chi connectivity index (χ3n) is 4.19. The van der Waals surface area contributed by atoms with Crippen LogP contribution in [0.15, 0.2) is 54.6 Å². The number of rotatable bonds is 6. The van der Waals surface area contributed by atoms with Crippen molar-refractivity contribution in [2.45, 2.75) is 17.9 Å². The molecule has 0 saturated carbocycles. The van der Waals surface area contributed by atoms with Gasteiger partial charge in [-0.3, -0.25) is 4.79 Å². The number of fused-ring (bicyclic) bond motifs is 1. The lowest BCUT2D eigenvalue weighted by molar-refractivity contribution is -0.115. The number of carbonyl (C=O) groups is 1. The van der Waals surface area contributed by atoms with Crippen molar-refractivity contribution in [2.75, 3.05) is 11.2 Å². The molecule has 0 bridgehead atoms. The molecule has 0 aliphatic carbocycles. The molecule has 1 aliphatic rings. The van der Waals surface area contributed by atoms with Crippen molar-refractivity contribution in [3.63, 3.8) is 0 Å². The number of halogens is 1. The zero-order valence-corrected chi connectivity index (χ0v) is 16.1. The first-order chi connectivity index (χ1) is 13.2. The first-order valence-electron chi connectivity index (χ1n) is 8.62. The summed E-state index contributed by atoms with van der Waals surface area (Å²) in [6, 6.07) is 17.3. The molecule has 138 valence electrons. The van der Waals surface area contributed by atoms with E-state index in [-0.39, 0.29) is 12.3 Å². The molecule has 27 heavy (non-hydrogen) atoms. The Morgan fingerprint density at radius 3 is 2.59 bits per heavy atom. The Morgan fingerprint density at radius 2 is 1.85 bits per heavy atom. The zero-order chi connectivity index (χ0) is 18.6. The number of nitrogens with one attached hydrogen (secondary N) is 1. The van der Waals surface area contributed by atoms with Gasteiger partial charge in [0.15, 0.2) is 0 Å². The van der Waals surface area contributed by atoms with Gasteiger partial charge in [-0.1, -0.05) is 18.2 Å². The van der Waals surface area contributed by atoms with Gasteiger partial charge >= 0.3 is 0 Å². The Kier molecular flexibility index (Phi) is 5.36. The topological polar surface area (TPSA) is 56.2 Å². The molecule has 2 aromatic carbocycles. The molecule has 0 atom stereocenters. The van der Waals surface area contributed by atoms with Crippen LogP contribution in [0, 0.1) is 0 Å². The summed E-state index contributed by atoms with van der Waals surface area (Å²) in [6.45, 7) is 0. The number of thioether (sulfide) groups is 1. The quantitative estimate of drug-likeness (QED) is 0.594. The monoisotopic (exact) mass is 399 g/mol. The Bertz CT molecular complexity index is 942. The molecule has 0 saturated heterocycles. The van der Waals surface area contributed by atoms with E-state index in [2.05, 4.69) is 5.32 Å². The molecule has 1 aromatic heterocycles. The third-order valence-corrected chi connectivity index (χ3v) is 5.35.